The van der Waals surface area contributed by atoms with Gasteiger partial charge in [-0.15, -0.1) is 22.7 Å². The highest BCUT2D eigenvalue weighted by Gasteiger charge is 2.52. The molecule has 0 N–H and O–H groups in total. The molecule has 8 aliphatic heterocycles. The van der Waals surface area contributed by atoms with Crippen LogP contribution in [-0.2, 0) is 0 Å². The second-order valence-corrected chi connectivity index (χ2v) is 41.6. The van der Waals surface area contributed by atoms with Gasteiger partial charge < -0.3 is 43.1 Å². The Labute approximate surface area is 869 Å². The molecule has 0 aliphatic carbocycles. The van der Waals surface area contributed by atoms with Gasteiger partial charge in [-0.25, -0.2) is 0 Å². The number of furan rings is 2. The average Bonchev–Trinajstić information content (AvgIpc) is 1.64. The first-order chi connectivity index (χ1) is 73.2. The Kier molecular flexibility index (Phi) is 20.5. The molecule has 8 aliphatic rings. The topological polar surface area (TPSA) is 52.2 Å². The third kappa shape index (κ3) is 13.6. The van der Waals surface area contributed by atoms with Crippen LogP contribution in [0.15, 0.2) is 494 Å². The maximum absolute atomic E-state index is 6.76. The van der Waals surface area contributed by atoms with Crippen LogP contribution in [0, 0.1) is 27.7 Å². The number of aryl methyl sites for hydroxylation is 4. The van der Waals surface area contributed by atoms with Crippen LogP contribution in [-0.4, -0.2) is 26.9 Å². The van der Waals surface area contributed by atoms with Gasteiger partial charge in [0.2, 0.25) is 5.88 Å². The Hall–Kier alpha value is -17.9. The van der Waals surface area contributed by atoms with E-state index in [1.54, 1.807) is 0 Å². The van der Waals surface area contributed by atoms with Crippen LogP contribution in [0.1, 0.15) is 22.3 Å². The Morgan fingerprint density at radius 2 is 0.459 bits per heavy atom. The van der Waals surface area contributed by atoms with Crippen molar-refractivity contribution in [2.75, 3.05) is 39.2 Å². The van der Waals surface area contributed by atoms with Crippen molar-refractivity contribution in [3.8, 4) is 0 Å². The summed E-state index contributed by atoms with van der Waals surface area (Å²) >= 11 is 3.85. The van der Waals surface area contributed by atoms with Gasteiger partial charge in [-0.1, -0.05) is 285 Å². The van der Waals surface area contributed by atoms with Gasteiger partial charge in [-0.2, -0.15) is 0 Å². The Balaban J connectivity index is 0.0000000930. The van der Waals surface area contributed by atoms with E-state index in [-0.39, 0.29) is 26.9 Å². The van der Waals surface area contributed by atoms with Gasteiger partial charge >= 0.3 is 0 Å². The van der Waals surface area contributed by atoms with Crippen molar-refractivity contribution >= 4 is 293 Å². The van der Waals surface area contributed by atoms with Crippen LogP contribution in [0.25, 0.3) is 42.1 Å². The number of anilines is 24. The number of nitrogens with zero attached hydrogens (tertiary/aromatic N) is 8. The van der Waals surface area contributed by atoms with Crippen LogP contribution in [0.5, 0.6) is 0 Å². The second-order valence-electron chi connectivity index (χ2n) is 39.5. The molecule has 0 saturated heterocycles. The number of fused-ring (bicyclic) bond motifs is 24. The summed E-state index contributed by atoms with van der Waals surface area (Å²) in [5, 5.41) is 6.31. The van der Waals surface area contributed by atoms with E-state index < -0.39 is 0 Å². The molecule has 0 radical (unpaired) electrons. The van der Waals surface area contributed by atoms with Gasteiger partial charge in [0.1, 0.15) is 11.2 Å². The SMILES string of the molecule is Cc1cc2c3c(c1)N(c1ccccc1)c1c(oc4ccccc14)B3c1ccccc1N2c1ccccc1.Cc1cc2c3c(c1)N(c1ccccc1)c1c(sc4ccccc14)B3c1ccccc1N2c1ccccc1.Cc1cc2c3c(c1)N(c1ccccc1)c1oc4ccccc4c1B3c1ccccc1N2c1ccccc1.Cc1cc2c3c(c1)N(c1ccccc1)c1sc4ccccc4c1B3c1ccccc1N2c1ccccc1. The summed E-state index contributed by atoms with van der Waals surface area (Å²) in [7, 11) is 0. The van der Waals surface area contributed by atoms with E-state index in [1.165, 1.54) is 209 Å². The second kappa shape index (κ2) is 35.0. The lowest BCUT2D eigenvalue weighted by atomic mass is 9.33. The van der Waals surface area contributed by atoms with Crippen molar-refractivity contribution in [2.24, 2.45) is 0 Å². The normalized spacial score (nSPS) is 13.4. The van der Waals surface area contributed by atoms with E-state index in [2.05, 4.69) is 552 Å². The highest BCUT2D eigenvalue weighted by Crippen LogP contribution is 2.55. The van der Waals surface area contributed by atoms with Gasteiger partial charge in [0.25, 0.3) is 26.9 Å². The molecular weight excluding hydrogens is 1840 g/mol. The molecule has 24 aromatic rings. The first-order valence-corrected chi connectivity index (χ1v) is 52.6. The number of benzene rings is 20. The van der Waals surface area contributed by atoms with Crippen LogP contribution in [0.3, 0.4) is 0 Å². The van der Waals surface area contributed by atoms with Crippen molar-refractivity contribution in [3.05, 3.63) is 508 Å². The molecule has 0 saturated carbocycles. The molecule has 10 nitrogen and oxygen atoms in total. The summed E-state index contributed by atoms with van der Waals surface area (Å²) in [4.78, 5) is 19.5. The summed E-state index contributed by atoms with van der Waals surface area (Å²) in [5.74, 6) is 0.907. The summed E-state index contributed by atoms with van der Waals surface area (Å²) in [6.45, 7) is 9.26. The van der Waals surface area contributed by atoms with Gasteiger partial charge in [-0.05, 0) is 305 Å². The van der Waals surface area contributed by atoms with E-state index in [1.807, 2.05) is 22.7 Å². The van der Waals surface area contributed by atoms with E-state index in [0.717, 1.165) is 56.5 Å². The van der Waals surface area contributed by atoms with Crippen LogP contribution in [0.2, 0.25) is 0 Å². The van der Waals surface area contributed by atoms with E-state index in [0.29, 0.717) is 0 Å². The summed E-state index contributed by atoms with van der Waals surface area (Å²) < 4.78 is 17.5. The third-order valence-corrected chi connectivity index (χ3v) is 33.0. The monoisotopic (exact) mass is 1930 g/mol. The molecule has 696 valence electrons. The predicted molar refractivity (Wildman–Crippen MR) is 631 cm³/mol. The van der Waals surface area contributed by atoms with Gasteiger partial charge in [0.15, 0.2) is 0 Å². The van der Waals surface area contributed by atoms with E-state index in [9.17, 15) is 0 Å². The molecule has 12 heterocycles. The lowest BCUT2D eigenvalue weighted by molar-refractivity contribution is 0.622. The fraction of sp³-hybridized carbons (Fsp3) is 0.0303. The summed E-state index contributed by atoms with van der Waals surface area (Å²) in [6, 6.07) is 175. The van der Waals surface area contributed by atoms with Crippen LogP contribution < -0.4 is 104 Å². The molecule has 0 unspecified atom stereocenters. The van der Waals surface area contributed by atoms with Gasteiger partial charge in [-0.3, -0.25) is 4.90 Å². The summed E-state index contributed by atoms with van der Waals surface area (Å²) in [5.41, 5.74) is 47.7. The number of hydrogen-bond donors (Lipinski definition) is 0. The molecule has 0 fully saturated rings. The molecule has 16 heteroatoms. The summed E-state index contributed by atoms with van der Waals surface area (Å²) in [6.07, 6.45) is 0. The third-order valence-electron chi connectivity index (χ3n) is 30.6. The van der Waals surface area contributed by atoms with Crippen molar-refractivity contribution in [1.29, 1.82) is 0 Å². The molecule has 32 rings (SSSR count). The van der Waals surface area contributed by atoms with Gasteiger partial charge in [0, 0.05) is 150 Å². The maximum Gasteiger partial charge on any atom is 0.297 e. The van der Waals surface area contributed by atoms with E-state index in [4.69, 9.17) is 8.83 Å². The minimum absolute atomic E-state index is 0.00382. The molecule has 0 atom stereocenters. The van der Waals surface area contributed by atoms with Crippen molar-refractivity contribution in [2.45, 2.75) is 27.7 Å². The number of para-hydroxylation sites is 14. The van der Waals surface area contributed by atoms with E-state index >= 15 is 0 Å². The van der Waals surface area contributed by atoms with Crippen LogP contribution in [0.4, 0.5) is 136 Å². The average molecular weight is 1930 g/mol. The zero-order valence-electron chi connectivity index (χ0n) is 81.7. The van der Waals surface area contributed by atoms with Crippen molar-refractivity contribution in [3.63, 3.8) is 0 Å². The van der Waals surface area contributed by atoms with Gasteiger partial charge in [0.05, 0.1) is 22.0 Å². The minimum Gasteiger partial charge on any atom is -0.468 e. The Bertz CT molecular complexity index is 8850. The fourth-order valence-corrected chi connectivity index (χ4v) is 27.5. The molecular formula is C132H92B4N8O2S2. The van der Waals surface area contributed by atoms with Crippen molar-refractivity contribution < 1.29 is 8.83 Å². The Morgan fingerprint density at radius 3 is 0.878 bits per heavy atom. The zero-order valence-corrected chi connectivity index (χ0v) is 83.3. The highest BCUT2D eigenvalue weighted by molar-refractivity contribution is 7.34. The Morgan fingerprint density at radius 1 is 0.189 bits per heavy atom. The molecule has 20 aromatic carbocycles. The maximum atomic E-state index is 6.76. The molecule has 4 aromatic heterocycles. The molecule has 148 heavy (non-hydrogen) atoms. The number of hydrogen-bond acceptors (Lipinski definition) is 12. The standard InChI is InChI=1S/2C33H23BN2O.2C33H23BN2S/c1-22-20-28-31-29(21-22)36(24-14-6-3-7-15-24)32-25-16-8-11-19-30(25)37-33(32)34(31)26-17-9-10-18-27(26)35(28)23-12-4-2-5-13-23;1-22-20-28-32-29(21-22)36(24-14-6-3-7-15-24)33-31(25-16-8-11-19-30(25)37-33)34(32)26-17-9-10-18-27(26)35(28)23-12-4-2-5-13-23;1-22-20-28-31-29(21-22)36(24-14-6-3-7-15-24)32-25-16-8-11-19-30(25)37-33(32)34(31)26-17-9-10-18-27(26)35(28)23-12-4-2-5-13-23;1-22-20-28-32-29(21-22)36(24-14-6-3-7-15-24)33-31(25-16-8-11-19-30(25)37-33)34(32)26-17-9-10-18-27(26)35(28)23-12-4-2-5-13-23/h4*2-21H,1H3. The fourth-order valence-electron chi connectivity index (χ4n) is 24.9. The molecule has 0 spiro atoms. The number of thiophene rings is 2. The van der Waals surface area contributed by atoms with Crippen molar-refractivity contribution in [1.82, 2.24) is 0 Å². The van der Waals surface area contributed by atoms with Crippen LogP contribution >= 0.6 is 22.7 Å². The number of rotatable bonds is 8. The molecule has 0 amide bonds. The predicted octanol–water partition coefficient (Wildman–Crippen LogP) is 28.2. The smallest absolute Gasteiger partial charge is 0.297 e. The lowest BCUT2D eigenvalue weighted by Gasteiger charge is -2.43. The lowest BCUT2D eigenvalue weighted by Crippen LogP contribution is -2.61. The first-order valence-electron chi connectivity index (χ1n) is 51.0. The first kappa shape index (κ1) is 86.7. The molecule has 0 bridgehead atoms. The largest absolute Gasteiger partial charge is 0.468 e. The highest BCUT2D eigenvalue weighted by atomic mass is 32.1. The minimum atomic E-state index is 0.00382. The zero-order chi connectivity index (χ0) is 98.0. The quantitative estimate of drug-likeness (QED) is 0.138.